The van der Waals surface area contributed by atoms with E-state index in [1.54, 1.807) is 0 Å². The van der Waals surface area contributed by atoms with Gasteiger partial charge in [-0.15, -0.1) is 0 Å². The van der Waals surface area contributed by atoms with Gasteiger partial charge in [-0.2, -0.15) is 0 Å². The highest BCUT2D eigenvalue weighted by atomic mass is 35.5. The maximum Gasteiger partial charge on any atom is 0.313 e. The van der Waals surface area contributed by atoms with E-state index < -0.39 is 5.97 Å². The van der Waals surface area contributed by atoms with Crippen LogP contribution in [0.25, 0.3) is 5.69 Å². The predicted octanol–water partition coefficient (Wildman–Crippen LogP) is 3.32. The molecule has 0 spiro atoms. The fraction of sp³-hybridized carbons (Fsp3) is 0.231. The van der Waals surface area contributed by atoms with Crippen LogP contribution in [0.15, 0.2) is 29.6 Å². The minimum absolute atomic E-state index is 0.0278. The molecule has 0 aliphatic heterocycles. The lowest BCUT2D eigenvalue weighted by atomic mass is 10.2. The van der Waals surface area contributed by atoms with Crippen molar-refractivity contribution in [2.45, 2.75) is 19.0 Å². The van der Waals surface area contributed by atoms with Gasteiger partial charge in [0, 0.05) is 6.20 Å². The van der Waals surface area contributed by atoms with Crippen LogP contribution < -0.4 is 0 Å². The Labute approximate surface area is 120 Å². The Hall–Kier alpha value is -1.46. The van der Waals surface area contributed by atoms with Crippen molar-refractivity contribution in [1.82, 2.24) is 9.55 Å². The van der Waals surface area contributed by atoms with Gasteiger partial charge in [0.15, 0.2) is 5.16 Å². The highest BCUT2D eigenvalue weighted by molar-refractivity contribution is 7.99. The molecule has 4 nitrogen and oxygen atoms in total. The molecule has 19 heavy (non-hydrogen) atoms. The number of aryl methyl sites for hydroxylation is 2. The monoisotopic (exact) mass is 296 g/mol. The summed E-state index contributed by atoms with van der Waals surface area (Å²) < 4.78 is 1.82. The zero-order chi connectivity index (χ0) is 14.0. The Morgan fingerprint density at radius 1 is 1.47 bits per heavy atom. The summed E-state index contributed by atoms with van der Waals surface area (Å²) in [6.45, 7) is 3.83. The molecule has 0 radical (unpaired) electrons. The summed E-state index contributed by atoms with van der Waals surface area (Å²) in [5.74, 6) is -0.896. The largest absolute Gasteiger partial charge is 0.481 e. The number of carboxylic acid groups (broad SMARTS) is 1. The molecule has 6 heteroatoms. The average molecular weight is 297 g/mol. The number of rotatable bonds is 4. The second-order valence-corrected chi connectivity index (χ2v) is 5.52. The number of thioether (sulfide) groups is 1. The number of hydrogen-bond acceptors (Lipinski definition) is 3. The number of imidazole rings is 1. The summed E-state index contributed by atoms with van der Waals surface area (Å²) in [5.41, 5.74) is 2.70. The summed E-state index contributed by atoms with van der Waals surface area (Å²) in [7, 11) is 0. The molecule has 100 valence electrons. The van der Waals surface area contributed by atoms with E-state index in [0.29, 0.717) is 10.2 Å². The van der Waals surface area contributed by atoms with Crippen molar-refractivity contribution in [1.29, 1.82) is 0 Å². The number of halogens is 1. The molecule has 0 fully saturated rings. The number of aromatic nitrogens is 2. The third-order valence-electron chi connectivity index (χ3n) is 2.48. The molecule has 1 aromatic carbocycles. The van der Waals surface area contributed by atoms with Gasteiger partial charge in [0.2, 0.25) is 0 Å². The van der Waals surface area contributed by atoms with Gasteiger partial charge in [0.1, 0.15) is 0 Å². The summed E-state index contributed by atoms with van der Waals surface area (Å²) >= 11 is 7.41. The van der Waals surface area contributed by atoms with Crippen molar-refractivity contribution < 1.29 is 9.90 Å². The van der Waals surface area contributed by atoms with Crippen LogP contribution in [0.1, 0.15) is 11.3 Å². The smallest absolute Gasteiger partial charge is 0.313 e. The summed E-state index contributed by atoms with van der Waals surface area (Å²) in [5, 5.41) is 10.0. The molecule has 0 aliphatic carbocycles. The van der Waals surface area contributed by atoms with Crippen LogP contribution in [0.2, 0.25) is 5.02 Å². The Kier molecular flexibility index (Phi) is 4.17. The molecule has 1 heterocycles. The highest BCUT2D eigenvalue weighted by Crippen LogP contribution is 2.27. The normalized spacial score (nSPS) is 10.7. The van der Waals surface area contributed by atoms with E-state index in [9.17, 15) is 4.79 Å². The SMILES string of the molecule is Cc1ccc(-n2cc(C)nc2SCC(=O)O)c(Cl)c1. The molecule has 0 bridgehead atoms. The van der Waals surface area contributed by atoms with Crippen LogP contribution in [-0.2, 0) is 4.79 Å². The quantitative estimate of drug-likeness (QED) is 0.879. The molecule has 0 atom stereocenters. The number of nitrogens with zero attached hydrogens (tertiary/aromatic N) is 2. The van der Waals surface area contributed by atoms with Crippen LogP contribution >= 0.6 is 23.4 Å². The molecule has 2 aromatic rings. The predicted molar refractivity (Wildman–Crippen MR) is 76.4 cm³/mol. The minimum Gasteiger partial charge on any atom is -0.481 e. The topological polar surface area (TPSA) is 55.1 Å². The fourth-order valence-corrected chi connectivity index (χ4v) is 2.76. The number of aliphatic carboxylic acids is 1. The van der Waals surface area contributed by atoms with E-state index in [2.05, 4.69) is 4.98 Å². The lowest BCUT2D eigenvalue weighted by Crippen LogP contribution is -2.01. The molecule has 0 saturated carbocycles. The third-order valence-corrected chi connectivity index (χ3v) is 3.72. The second kappa shape index (κ2) is 5.67. The van der Waals surface area contributed by atoms with Gasteiger partial charge in [0.25, 0.3) is 0 Å². The van der Waals surface area contributed by atoms with Gasteiger partial charge < -0.3 is 5.11 Å². The standard InChI is InChI=1S/C13H13ClN2O2S/c1-8-3-4-11(10(14)5-8)16-6-9(2)15-13(16)19-7-12(17)18/h3-6H,7H2,1-2H3,(H,17,18). The summed E-state index contributed by atoms with van der Waals surface area (Å²) in [6.07, 6.45) is 1.85. The maximum atomic E-state index is 10.7. The molecule has 1 aromatic heterocycles. The molecular formula is C13H13ClN2O2S. The average Bonchev–Trinajstić information content (AvgIpc) is 2.67. The van der Waals surface area contributed by atoms with E-state index in [1.165, 1.54) is 11.8 Å². The summed E-state index contributed by atoms with van der Waals surface area (Å²) in [6, 6.07) is 5.74. The number of carboxylic acids is 1. The first-order valence-corrected chi connectivity index (χ1v) is 7.01. The molecule has 0 saturated heterocycles. The Morgan fingerprint density at radius 2 is 2.21 bits per heavy atom. The van der Waals surface area contributed by atoms with Gasteiger partial charge in [-0.3, -0.25) is 9.36 Å². The Bertz CT molecular complexity index is 625. The highest BCUT2D eigenvalue weighted by Gasteiger charge is 2.12. The lowest BCUT2D eigenvalue weighted by molar-refractivity contribution is -0.133. The first kappa shape index (κ1) is 14.0. The molecule has 0 unspecified atom stereocenters. The lowest BCUT2D eigenvalue weighted by Gasteiger charge is -2.09. The van der Waals surface area contributed by atoms with Gasteiger partial charge in [-0.25, -0.2) is 4.98 Å². The van der Waals surface area contributed by atoms with E-state index in [0.717, 1.165) is 16.9 Å². The molecular weight excluding hydrogens is 284 g/mol. The minimum atomic E-state index is -0.868. The Balaban J connectivity index is 2.40. The molecule has 0 amide bonds. The van der Waals surface area contributed by atoms with Crippen molar-refractivity contribution in [2.75, 3.05) is 5.75 Å². The molecule has 0 aliphatic rings. The van der Waals surface area contributed by atoms with E-state index in [4.69, 9.17) is 16.7 Å². The van der Waals surface area contributed by atoms with Crippen LogP contribution in [0.5, 0.6) is 0 Å². The first-order chi connectivity index (χ1) is 8.97. The molecule has 2 rings (SSSR count). The number of hydrogen-bond donors (Lipinski definition) is 1. The Morgan fingerprint density at radius 3 is 2.84 bits per heavy atom. The van der Waals surface area contributed by atoms with Crippen molar-refractivity contribution in [2.24, 2.45) is 0 Å². The zero-order valence-corrected chi connectivity index (χ0v) is 12.1. The van der Waals surface area contributed by atoms with Crippen LogP contribution in [-0.4, -0.2) is 26.4 Å². The molecule has 1 N–H and O–H groups in total. The van der Waals surface area contributed by atoms with E-state index in [1.807, 2.05) is 42.8 Å². The third kappa shape index (κ3) is 3.30. The van der Waals surface area contributed by atoms with Gasteiger partial charge in [0.05, 0.1) is 22.2 Å². The van der Waals surface area contributed by atoms with Crippen molar-refractivity contribution in [3.05, 3.63) is 40.7 Å². The maximum absolute atomic E-state index is 10.7. The van der Waals surface area contributed by atoms with Crippen LogP contribution in [0.4, 0.5) is 0 Å². The number of carbonyl (C=O) groups is 1. The number of benzene rings is 1. The zero-order valence-electron chi connectivity index (χ0n) is 10.6. The van der Waals surface area contributed by atoms with Crippen LogP contribution in [0.3, 0.4) is 0 Å². The van der Waals surface area contributed by atoms with Crippen molar-refractivity contribution in [3.63, 3.8) is 0 Å². The van der Waals surface area contributed by atoms with Crippen LogP contribution in [0, 0.1) is 13.8 Å². The van der Waals surface area contributed by atoms with Gasteiger partial charge in [-0.1, -0.05) is 29.4 Å². The second-order valence-electron chi connectivity index (χ2n) is 4.17. The van der Waals surface area contributed by atoms with Gasteiger partial charge in [-0.05, 0) is 31.5 Å². The summed E-state index contributed by atoms with van der Waals surface area (Å²) in [4.78, 5) is 15.0. The fourth-order valence-electron chi connectivity index (χ4n) is 1.68. The first-order valence-electron chi connectivity index (χ1n) is 5.64. The van der Waals surface area contributed by atoms with E-state index >= 15 is 0 Å². The van der Waals surface area contributed by atoms with Crippen molar-refractivity contribution >= 4 is 29.3 Å². The van der Waals surface area contributed by atoms with E-state index in [-0.39, 0.29) is 5.75 Å². The van der Waals surface area contributed by atoms with Gasteiger partial charge >= 0.3 is 5.97 Å². The van der Waals surface area contributed by atoms with Crippen molar-refractivity contribution in [3.8, 4) is 5.69 Å².